The second-order valence-corrected chi connectivity index (χ2v) is 5.30. The molecule has 0 bridgehead atoms. The van der Waals surface area contributed by atoms with Gasteiger partial charge >= 0.3 is 0 Å². The topological polar surface area (TPSA) is 44.1 Å². The first-order valence-corrected chi connectivity index (χ1v) is 6.86. The summed E-state index contributed by atoms with van der Waals surface area (Å²) in [5, 5.41) is 8.75. The Hall–Kier alpha value is -1.82. The number of carbonyl (C=O) groups excluding carboxylic acids is 1. The maximum absolute atomic E-state index is 12.6. The lowest BCUT2D eigenvalue weighted by atomic mass is 9.82. The van der Waals surface area contributed by atoms with E-state index >= 15 is 0 Å². The number of rotatable bonds is 3. The molecule has 1 aromatic rings. The van der Waals surface area contributed by atoms with Crippen LogP contribution >= 0.6 is 0 Å². The van der Waals surface area contributed by atoms with Gasteiger partial charge in [0.2, 0.25) is 5.91 Å². The molecule has 1 aliphatic rings. The third-order valence-electron chi connectivity index (χ3n) is 4.06. The normalized spacial score (nSPS) is 19.1. The highest BCUT2D eigenvalue weighted by atomic mass is 16.2. The molecule has 0 radical (unpaired) electrons. The number of amides is 1. The maximum Gasteiger partial charge on any atom is 0.230 e. The minimum absolute atomic E-state index is 0.0217. The summed E-state index contributed by atoms with van der Waals surface area (Å²) in [4.78, 5) is 14.3. The molecule has 0 aromatic heterocycles. The van der Waals surface area contributed by atoms with Crippen LogP contribution in [0.5, 0.6) is 0 Å². The summed E-state index contributed by atoms with van der Waals surface area (Å²) >= 11 is 0. The molecule has 19 heavy (non-hydrogen) atoms. The molecule has 0 fully saturated rings. The first-order chi connectivity index (χ1) is 9.15. The fourth-order valence-electron chi connectivity index (χ4n) is 2.74. The van der Waals surface area contributed by atoms with Crippen molar-refractivity contribution in [1.82, 2.24) is 4.90 Å². The van der Waals surface area contributed by atoms with Crippen LogP contribution in [0, 0.1) is 11.3 Å². The number of carbonyl (C=O) groups is 1. The molecule has 2 rings (SSSR count). The van der Waals surface area contributed by atoms with Gasteiger partial charge in [-0.1, -0.05) is 24.3 Å². The summed E-state index contributed by atoms with van der Waals surface area (Å²) in [7, 11) is 1.81. The average molecular weight is 256 g/mol. The largest absolute Gasteiger partial charge is 0.341 e. The molecule has 0 N–H and O–H groups in total. The van der Waals surface area contributed by atoms with Crippen molar-refractivity contribution in [1.29, 1.82) is 5.26 Å². The molecule has 0 saturated heterocycles. The van der Waals surface area contributed by atoms with Gasteiger partial charge in [0.15, 0.2) is 0 Å². The van der Waals surface area contributed by atoms with Crippen LogP contribution in [0.15, 0.2) is 24.3 Å². The Labute approximate surface area is 114 Å². The van der Waals surface area contributed by atoms with E-state index in [0.29, 0.717) is 6.42 Å². The lowest BCUT2D eigenvalue weighted by molar-refractivity contribution is -0.133. The number of nitrogens with zero attached hydrogens (tertiary/aromatic N) is 2. The van der Waals surface area contributed by atoms with Crippen molar-refractivity contribution in [2.24, 2.45) is 0 Å². The van der Waals surface area contributed by atoms with Gasteiger partial charge in [-0.15, -0.1) is 0 Å². The number of fused-ring (bicyclic) bond motifs is 1. The Morgan fingerprint density at radius 3 is 3.00 bits per heavy atom. The van der Waals surface area contributed by atoms with Gasteiger partial charge in [-0.25, -0.2) is 0 Å². The molecule has 3 nitrogen and oxygen atoms in total. The zero-order valence-corrected chi connectivity index (χ0v) is 11.6. The number of hydrogen-bond acceptors (Lipinski definition) is 2. The molecule has 1 amide bonds. The Balaban J connectivity index is 2.19. The lowest BCUT2D eigenvalue weighted by Crippen LogP contribution is -2.39. The first-order valence-electron chi connectivity index (χ1n) is 6.86. The van der Waals surface area contributed by atoms with E-state index in [1.54, 1.807) is 4.90 Å². The minimum atomic E-state index is -0.0314. The van der Waals surface area contributed by atoms with Crippen LogP contribution in [0.1, 0.15) is 43.2 Å². The van der Waals surface area contributed by atoms with Crippen molar-refractivity contribution in [3.05, 3.63) is 35.4 Å². The van der Waals surface area contributed by atoms with Crippen molar-refractivity contribution < 1.29 is 4.79 Å². The van der Waals surface area contributed by atoms with Gasteiger partial charge in [-0.05, 0) is 37.3 Å². The average Bonchev–Trinajstić information content (AvgIpc) is 2.45. The molecule has 2 unspecified atom stereocenters. The van der Waals surface area contributed by atoms with E-state index in [9.17, 15) is 4.79 Å². The molecule has 0 saturated carbocycles. The van der Waals surface area contributed by atoms with E-state index in [1.165, 1.54) is 11.1 Å². The third kappa shape index (κ3) is 2.78. The monoisotopic (exact) mass is 256 g/mol. The predicted molar refractivity (Wildman–Crippen MR) is 74.6 cm³/mol. The summed E-state index contributed by atoms with van der Waals surface area (Å²) in [5.74, 6) is 0.117. The van der Waals surface area contributed by atoms with Gasteiger partial charge in [-0.3, -0.25) is 4.79 Å². The van der Waals surface area contributed by atoms with Gasteiger partial charge in [0.05, 0.1) is 18.4 Å². The molecular formula is C16H20N2O. The Morgan fingerprint density at radius 1 is 1.53 bits per heavy atom. The minimum Gasteiger partial charge on any atom is -0.341 e. The van der Waals surface area contributed by atoms with Crippen LogP contribution in [0.25, 0.3) is 0 Å². The molecule has 100 valence electrons. The van der Waals surface area contributed by atoms with E-state index < -0.39 is 0 Å². The van der Waals surface area contributed by atoms with Gasteiger partial charge in [0, 0.05) is 13.1 Å². The number of nitriles is 1. The maximum atomic E-state index is 12.6. The summed E-state index contributed by atoms with van der Waals surface area (Å²) in [6.45, 7) is 1.93. The van der Waals surface area contributed by atoms with Crippen LogP contribution in [-0.4, -0.2) is 23.9 Å². The van der Waals surface area contributed by atoms with Gasteiger partial charge in [0.1, 0.15) is 0 Å². The van der Waals surface area contributed by atoms with Crippen LogP contribution in [-0.2, 0) is 11.2 Å². The summed E-state index contributed by atoms with van der Waals surface area (Å²) in [6, 6.07) is 10.3. The molecule has 0 spiro atoms. The second kappa shape index (κ2) is 5.88. The standard InChI is InChI=1S/C16H20N2O/c1-12(10-11-17)18(2)16(19)15-9-5-7-13-6-3-4-8-14(13)15/h3-4,6,8,12,15H,5,7,9-10H2,1-2H3. The van der Waals surface area contributed by atoms with Gasteiger partial charge in [-0.2, -0.15) is 5.26 Å². The Bertz CT molecular complexity index is 504. The van der Waals surface area contributed by atoms with Crippen molar-refractivity contribution in [2.75, 3.05) is 7.05 Å². The quantitative estimate of drug-likeness (QED) is 0.834. The van der Waals surface area contributed by atoms with Crippen LogP contribution < -0.4 is 0 Å². The molecule has 1 aromatic carbocycles. The fourth-order valence-corrected chi connectivity index (χ4v) is 2.74. The molecule has 0 heterocycles. The SMILES string of the molecule is CC(CC#N)N(C)C(=O)C1CCCc2ccccc21. The van der Waals surface area contributed by atoms with Gasteiger partial charge in [0.25, 0.3) is 0 Å². The molecular weight excluding hydrogens is 236 g/mol. The zero-order chi connectivity index (χ0) is 13.8. The summed E-state index contributed by atoms with van der Waals surface area (Å²) in [6.07, 6.45) is 3.43. The van der Waals surface area contributed by atoms with E-state index in [1.807, 2.05) is 26.1 Å². The van der Waals surface area contributed by atoms with E-state index in [0.717, 1.165) is 19.3 Å². The van der Waals surface area contributed by atoms with Crippen molar-refractivity contribution in [3.8, 4) is 6.07 Å². The predicted octanol–water partition coefficient (Wildman–Crippen LogP) is 2.87. The fraction of sp³-hybridized carbons (Fsp3) is 0.500. The molecule has 3 heteroatoms. The number of benzene rings is 1. The number of likely N-dealkylation sites (N-methyl/N-ethyl adjacent to an activating group) is 1. The molecule has 0 aliphatic heterocycles. The smallest absolute Gasteiger partial charge is 0.230 e. The van der Waals surface area contributed by atoms with Crippen molar-refractivity contribution in [2.45, 2.75) is 44.6 Å². The Kier molecular flexibility index (Phi) is 4.21. The third-order valence-corrected chi connectivity index (χ3v) is 4.06. The van der Waals surface area contributed by atoms with Gasteiger partial charge < -0.3 is 4.90 Å². The van der Waals surface area contributed by atoms with Crippen LogP contribution in [0.2, 0.25) is 0 Å². The van der Waals surface area contributed by atoms with E-state index in [4.69, 9.17) is 5.26 Å². The van der Waals surface area contributed by atoms with E-state index in [-0.39, 0.29) is 17.9 Å². The highest BCUT2D eigenvalue weighted by Gasteiger charge is 2.29. The van der Waals surface area contributed by atoms with Crippen molar-refractivity contribution >= 4 is 5.91 Å². The zero-order valence-electron chi connectivity index (χ0n) is 11.6. The molecule has 2 atom stereocenters. The lowest BCUT2D eigenvalue weighted by Gasteiger charge is -2.31. The van der Waals surface area contributed by atoms with E-state index in [2.05, 4.69) is 18.2 Å². The second-order valence-electron chi connectivity index (χ2n) is 5.30. The highest BCUT2D eigenvalue weighted by molar-refractivity contribution is 5.84. The highest BCUT2D eigenvalue weighted by Crippen LogP contribution is 2.33. The van der Waals surface area contributed by atoms with Crippen molar-refractivity contribution in [3.63, 3.8) is 0 Å². The first kappa shape index (κ1) is 13.6. The molecule has 1 aliphatic carbocycles. The number of hydrogen-bond donors (Lipinski definition) is 0. The Morgan fingerprint density at radius 2 is 2.26 bits per heavy atom. The van der Waals surface area contributed by atoms with Crippen LogP contribution in [0.4, 0.5) is 0 Å². The number of aryl methyl sites for hydroxylation is 1. The van der Waals surface area contributed by atoms with Crippen LogP contribution in [0.3, 0.4) is 0 Å². The summed E-state index contributed by atoms with van der Waals surface area (Å²) < 4.78 is 0. The summed E-state index contributed by atoms with van der Waals surface area (Å²) in [5.41, 5.74) is 2.48.